The van der Waals surface area contributed by atoms with E-state index in [2.05, 4.69) is 30.2 Å². The van der Waals surface area contributed by atoms with Crippen molar-refractivity contribution < 1.29 is 4.74 Å². The molecular weight excluding hydrogens is 322 g/mol. The highest BCUT2D eigenvalue weighted by molar-refractivity contribution is 7.09. The second-order valence-electron chi connectivity index (χ2n) is 7.68. The lowest BCUT2D eigenvalue weighted by Gasteiger charge is -2.35. The van der Waals surface area contributed by atoms with Gasteiger partial charge in [0.15, 0.2) is 0 Å². The lowest BCUT2D eigenvalue weighted by Crippen LogP contribution is -2.42. The molecule has 1 aromatic rings. The molecule has 6 rings (SSSR count). The van der Waals surface area contributed by atoms with Gasteiger partial charge < -0.3 is 9.64 Å². The smallest absolute Gasteiger partial charge is 0.142 e. The minimum absolute atomic E-state index is 0.137. The summed E-state index contributed by atoms with van der Waals surface area (Å²) in [7, 11) is 0. The molecule has 2 fully saturated rings. The number of hydrogen-bond donors (Lipinski definition) is 1. The van der Waals surface area contributed by atoms with E-state index in [0.29, 0.717) is 12.6 Å². The van der Waals surface area contributed by atoms with Crippen LogP contribution in [0.25, 0.3) is 0 Å². The molecule has 0 aromatic carbocycles. The third-order valence-electron chi connectivity index (χ3n) is 5.48. The molecule has 0 aliphatic carbocycles. The van der Waals surface area contributed by atoms with Crippen LogP contribution in [-0.2, 0) is 15.8 Å². The average molecular weight is 343 g/mol. The van der Waals surface area contributed by atoms with E-state index >= 15 is 0 Å². The summed E-state index contributed by atoms with van der Waals surface area (Å²) in [6.07, 6.45) is 7.10. The number of aromatic nitrogens is 1. The number of amidine groups is 1. The molecular formula is C17H21N5OS. The van der Waals surface area contributed by atoms with Gasteiger partial charge in [0, 0.05) is 23.4 Å². The number of fused-ring (bicyclic) bond motifs is 4. The molecule has 2 unspecified atom stereocenters. The van der Waals surface area contributed by atoms with Gasteiger partial charge in [0.1, 0.15) is 16.4 Å². The Labute approximate surface area is 145 Å². The van der Waals surface area contributed by atoms with Crippen LogP contribution in [0, 0.1) is 0 Å². The predicted octanol–water partition coefficient (Wildman–Crippen LogP) is 1.72. The molecule has 2 saturated heterocycles. The minimum Gasteiger partial charge on any atom is -0.364 e. The number of allylic oxidation sites excluding steroid dienone is 1. The quantitative estimate of drug-likeness (QED) is 0.727. The summed E-state index contributed by atoms with van der Waals surface area (Å²) in [5, 5.41) is 4.91. The van der Waals surface area contributed by atoms with Gasteiger partial charge in [0.05, 0.1) is 37.1 Å². The van der Waals surface area contributed by atoms with Crippen LogP contribution in [0.4, 0.5) is 0 Å². The Morgan fingerprint density at radius 3 is 3.08 bits per heavy atom. The first-order valence-corrected chi connectivity index (χ1v) is 9.20. The first kappa shape index (κ1) is 14.6. The molecule has 7 heteroatoms. The SMILES string of the molecule is CC1(C)CN=C2C=CC(=CN2N)N2CC3(CC2CO3)c2nc1cs2. The van der Waals surface area contributed by atoms with E-state index in [4.69, 9.17) is 20.6 Å². The Morgan fingerprint density at radius 1 is 1.38 bits per heavy atom. The normalized spacial score (nSPS) is 33.0. The first-order chi connectivity index (χ1) is 11.5. The zero-order valence-corrected chi connectivity index (χ0v) is 14.7. The van der Waals surface area contributed by atoms with Crippen molar-refractivity contribution in [2.75, 3.05) is 19.7 Å². The van der Waals surface area contributed by atoms with Gasteiger partial charge in [-0.1, -0.05) is 13.8 Å². The molecule has 6 heterocycles. The Morgan fingerprint density at radius 2 is 2.25 bits per heavy atom. The van der Waals surface area contributed by atoms with E-state index in [1.807, 2.05) is 12.3 Å². The van der Waals surface area contributed by atoms with Crippen LogP contribution >= 0.6 is 11.3 Å². The van der Waals surface area contributed by atoms with Crippen molar-refractivity contribution >= 4 is 17.2 Å². The summed E-state index contributed by atoms with van der Waals surface area (Å²) in [6.45, 7) is 6.59. The molecule has 6 nitrogen and oxygen atoms in total. The summed E-state index contributed by atoms with van der Waals surface area (Å²) >= 11 is 1.72. The van der Waals surface area contributed by atoms with E-state index in [0.717, 1.165) is 41.8 Å². The number of hydrazine groups is 1. The monoisotopic (exact) mass is 343 g/mol. The molecule has 0 amide bonds. The zero-order chi connectivity index (χ0) is 16.5. The molecule has 5 aliphatic rings. The Balaban J connectivity index is 1.67. The zero-order valence-electron chi connectivity index (χ0n) is 13.9. The molecule has 1 aromatic heterocycles. The van der Waals surface area contributed by atoms with Crippen LogP contribution in [-0.4, -0.2) is 46.5 Å². The standard InChI is InChI=1S/C17H21N5OS/c1-16(2)9-19-14-4-3-11(6-22(14)18)21-10-17(5-12(21)7-23-17)15-20-13(16)8-24-15/h3-4,6,8,12H,5,7,9-10,18H2,1-2H3. The van der Waals surface area contributed by atoms with Crippen molar-refractivity contribution in [3.8, 4) is 0 Å². The second kappa shape index (κ2) is 4.68. The maximum absolute atomic E-state index is 6.22. The summed E-state index contributed by atoms with van der Waals surface area (Å²) in [5.41, 5.74) is 1.81. The summed E-state index contributed by atoms with van der Waals surface area (Å²) in [6, 6.07) is 0.385. The Kier molecular flexibility index (Phi) is 2.85. The van der Waals surface area contributed by atoms with Crippen LogP contribution in [0.1, 0.15) is 31.0 Å². The molecule has 1 spiro atoms. The second-order valence-corrected chi connectivity index (χ2v) is 8.54. The fourth-order valence-electron chi connectivity index (χ4n) is 3.94. The van der Waals surface area contributed by atoms with Gasteiger partial charge in [0.2, 0.25) is 0 Å². The molecule has 24 heavy (non-hydrogen) atoms. The van der Waals surface area contributed by atoms with Gasteiger partial charge in [0.25, 0.3) is 0 Å². The molecule has 5 aliphatic heterocycles. The highest BCUT2D eigenvalue weighted by Crippen LogP contribution is 2.48. The summed E-state index contributed by atoms with van der Waals surface area (Å²) < 4.78 is 6.22. The Bertz CT molecular complexity index is 795. The van der Waals surface area contributed by atoms with E-state index in [1.165, 1.54) is 0 Å². The fraction of sp³-hybridized carbons (Fsp3) is 0.529. The summed E-state index contributed by atoms with van der Waals surface area (Å²) in [4.78, 5) is 12.1. The maximum Gasteiger partial charge on any atom is 0.142 e. The van der Waals surface area contributed by atoms with Gasteiger partial charge in [-0.05, 0) is 12.2 Å². The topological polar surface area (TPSA) is 67.0 Å². The molecule has 2 atom stereocenters. The molecule has 126 valence electrons. The first-order valence-electron chi connectivity index (χ1n) is 8.32. The van der Waals surface area contributed by atoms with Crippen LogP contribution in [0.5, 0.6) is 0 Å². The van der Waals surface area contributed by atoms with Crippen LogP contribution < -0.4 is 5.84 Å². The van der Waals surface area contributed by atoms with Gasteiger partial charge in [-0.25, -0.2) is 10.8 Å². The van der Waals surface area contributed by atoms with E-state index in [9.17, 15) is 0 Å². The largest absolute Gasteiger partial charge is 0.364 e. The van der Waals surface area contributed by atoms with Crippen molar-refractivity contribution in [2.45, 2.75) is 37.3 Å². The fourth-order valence-corrected chi connectivity index (χ4v) is 5.11. The maximum atomic E-state index is 6.22. The Hall–Kier alpha value is -1.70. The van der Waals surface area contributed by atoms with E-state index in [-0.39, 0.29) is 11.0 Å². The van der Waals surface area contributed by atoms with Gasteiger partial charge in [-0.3, -0.25) is 10.0 Å². The van der Waals surface area contributed by atoms with Crippen LogP contribution in [0.3, 0.4) is 0 Å². The molecule has 2 N–H and O–H groups in total. The van der Waals surface area contributed by atoms with Crippen molar-refractivity contribution in [3.63, 3.8) is 0 Å². The highest BCUT2D eigenvalue weighted by Gasteiger charge is 2.54. The van der Waals surface area contributed by atoms with Crippen molar-refractivity contribution in [2.24, 2.45) is 10.8 Å². The number of ether oxygens (including phenoxy) is 1. The predicted molar refractivity (Wildman–Crippen MR) is 93.4 cm³/mol. The highest BCUT2D eigenvalue weighted by atomic mass is 32.1. The van der Waals surface area contributed by atoms with Gasteiger partial charge in [-0.2, -0.15) is 0 Å². The third kappa shape index (κ3) is 1.95. The van der Waals surface area contributed by atoms with Crippen molar-refractivity contribution in [1.82, 2.24) is 14.9 Å². The van der Waals surface area contributed by atoms with Gasteiger partial charge in [-0.15, -0.1) is 11.3 Å². The molecule has 0 saturated carbocycles. The third-order valence-corrected chi connectivity index (χ3v) is 6.51. The van der Waals surface area contributed by atoms with Gasteiger partial charge >= 0.3 is 0 Å². The number of morpholine rings is 1. The number of nitrogens with zero attached hydrogens (tertiary/aromatic N) is 4. The number of hydrogen-bond acceptors (Lipinski definition) is 7. The molecule has 0 radical (unpaired) electrons. The van der Waals surface area contributed by atoms with E-state index < -0.39 is 0 Å². The van der Waals surface area contributed by atoms with Crippen LogP contribution in [0.15, 0.2) is 34.4 Å². The number of aliphatic imine (C=N–C) groups is 1. The number of rotatable bonds is 0. The number of thiazole rings is 1. The number of nitrogens with two attached hydrogens (primary N) is 1. The molecule has 7 bridgehead atoms. The van der Waals surface area contributed by atoms with Crippen molar-refractivity contribution in [1.29, 1.82) is 0 Å². The lowest BCUT2D eigenvalue weighted by atomic mass is 9.90. The van der Waals surface area contributed by atoms with Crippen molar-refractivity contribution in [3.05, 3.63) is 40.1 Å². The minimum atomic E-state index is -0.271. The van der Waals surface area contributed by atoms with E-state index in [1.54, 1.807) is 16.3 Å². The lowest BCUT2D eigenvalue weighted by molar-refractivity contribution is -0.0398. The van der Waals surface area contributed by atoms with Crippen LogP contribution in [0.2, 0.25) is 0 Å². The average Bonchev–Trinajstić information content (AvgIpc) is 3.27. The summed E-state index contributed by atoms with van der Waals surface area (Å²) in [5.74, 6) is 6.99.